The number of hydrogen-bond donors (Lipinski definition) is 2. The second kappa shape index (κ2) is 5.40. The van der Waals surface area contributed by atoms with Crippen LogP contribution in [-0.2, 0) is 16.9 Å². The van der Waals surface area contributed by atoms with Crippen LogP contribution in [0.25, 0.3) is 0 Å². The lowest BCUT2D eigenvalue weighted by molar-refractivity contribution is -0.283. The Hall–Kier alpha value is -1.43. The van der Waals surface area contributed by atoms with Gasteiger partial charge in [0.1, 0.15) is 0 Å². The molecule has 21 heavy (non-hydrogen) atoms. The molecule has 2 aliphatic rings. The Balaban J connectivity index is 2.03. The summed E-state index contributed by atoms with van der Waals surface area (Å²) in [4.78, 5) is 13.4. The molecule has 2 unspecified atom stereocenters. The average molecular weight is 291 g/mol. The SMILES string of the molecule is CCCN1CCOC2(O)c3cc(C(=O)O)ccc3CCC12. The average Bonchev–Trinajstić information content (AvgIpc) is 2.47. The van der Waals surface area contributed by atoms with Crippen molar-refractivity contribution in [2.24, 2.45) is 0 Å². The number of fused-ring (bicyclic) bond motifs is 3. The van der Waals surface area contributed by atoms with Crippen LogP contribution in [0.4, 0.5) is 0 Å². The number of carboxylic acids is 1. The standard InChI is InChI=1S/C16H21NO4/c1-2-7-17-8-9-21-16(20)13-10-12(15(18)19)4-3-11(13)5-6-14(16)17/h3-4,10,14,20H,2,5-9H2,1H3,(H,18,19). The minimum atomic E-state index is -1.38. The quantitative estimate of drug-likeness (QED) is 0.885. The Bertz CT molecular complexity index is 557. The summed E-state index contributed by atoms with van der Waals surface area (Å²) in [6.07, 6.45) is 2.69. The molecule has 114 valence electrons. The summed E-state index contributed by atoms with van der Waals surface area (Å²) >= 11 is 0. The largest absolute Gasteiger partial charge is 0.478 e. The molecule has 0 spiro atoms. The Kier molecular flexibility index (Phi) is 3.73. The topological polar surface area (TPSA) is 70.0 Å². The summed E-state index contributed by atoms with van der Waals surface area (Å²) in [5.74, 6) is -2.36. The van der Waals surface area contributed by atoms with Gasteiger partial charge in [0.25, 0.3) is 0 Å². The Morgan fingerprint density at radius 2 is 2.33 bits per heavy atom. The van der Waals surface area contributed by atoms with E-state index in [1.165, 1.54) is 0 Å². The van der Waals surface area contributed by atoms with Crippen molar-refractivity contribution in [3.63, 3.8) is 0 Å². The molecule has 1 aromatic carbocycles. The van der Waals surface area contributed by atoms with Crippen LogP contribution in [0.15, 0.2) is 18.2 Å². The van der Waals surface area contributed by atoms with Gasteiger partial charge in [-0.25, -0.2) is 4.79 Å². The molecule has 1 saturated heterocycles. The number of hydrogen-bond acceptors (Lipinski definition) is 4. The van der Waals surface area contributed by atoms with Crippen LogP contribution in [-0.4, -0.2) is 46.8 Å². The van der Waals surface area contributed by atoms with Crippen LogP contribution in [0.5, 0.6) is 0 Å². The molecule has 2 N–H and O–H groups in total. The smallest absolute Gasteiger partial charge is 0.335 e. The second-order valence-corrected chi connectivity index (χ2v) is 5.81. The van der Waals surface area contributed by atoms with Crippen LogP contribution >= 0.6 is 0 Å². The van der Waals surface area contributed by atoms with Crippen LogP contribution in [0.3, 0.4) is 0 Å². The number of aryl methyl sites for hydroxylation is 1. The summed E-state index contributed by atoms with van der Waals surface area (Å²) in [7, 11) is 0. The van der Waals surface area contributed by atoms with Gasteiger partial charge < -0.3 is 14.9 Å². The Labute approximate surface area is 124 Å². The van der Waals surface area contributed by atoms with Crippen molar-refractivity contribution in [2.75, 3.05) is 19.7 Å². The monoisotopic (exact) mass is 291 g/mol. The first kappa shape index (κ1) is 14.5. The van der Waals surface area contributed by atoms with Gasteiger partial charge in [-0.15, -0.1) is 0 Å². The number of benzene rings is 1. The molecule has 0 aromatic heterocycles. The maximum Gasteiger partial charge on any atom is 0.335 e. The van der Waals surface area contributed by atoms with Gasteiger partial charge in [0.2, 0.25) is 5.79 Å². The highest BCUT2D eigenvalue weighted by Crippen LogP contribution is 2.41. The lowest BCUT2D eigenvalue weighted by atomic mass is 9.80. The molecule has 2 atom stereocenters. The van der Waals surface area contributed by atoms with Gasteiger partial charge in [-0.3, -0.25) is 4.90 Å². The molecule has 0 bridgehead atoms. The molecule has 5 nitrogen and oxygen atoms in total. The number of aliphatic hydroxyl groups is 1. The molecule has 3 rings (SSSR count). The van der Waals surface area contributed by atoms with E-state index in [0.717, 1.165) is 37.9 Å². The van der Waals surface area contributed by atoms with Crippen molar-refractivity contribution in [2.45, 2.75) is 38.0 Å². The Morgan fingerprint density at radius 1 is 1.52 bits per heavy atom. The van der Waals surface area contributed by atoms with Crippen LogP contribution in [0, 0.1) is 0 Å². The van der Waals surface area contributed by atoms with E-state index in [9.17, 15) is 9.90 Å². The lowest BCUT2D eigenvalue weighted by Gasteiger charge is -2.49. The predicted octanol–water partition coefficient (Wildman–Crippen LogP) is 1.59. The number of aromatic carboxylic acids is 1. The zero-order chi connectivity index (χ0) is 15.0. The van der Waals surface area contributed by atoms with Gasteiger partial charge in [-0.1, -0.05) is 13.0 Å². The van der Waals surface area contributed by atoms with Crippen LogP contribution < -0.4 is 0 Å². The third-order valence-electron chi connectivity index (χ3n) is 4.53. The minimum Gasteiger partial charge on any atom is -0.478 e. The molecule has 1 fully saturated rings. The highest BCUT2D eigenvalue weighted by molar-refractivity contribution is 5.88. The molecule has 1 aliphatic carbocycles. The van der Waals surface area contributed by atoms with E-state index in [-0.39, 0.29) is 11.6 Å². The van der Waals surface area contributed by atoms with Gasteiger partial charge in [-0.05, 0) is 43.5 Å². The number of morpholine rings is 1. The number of carboxylic acid groups (broad SMARTS) is 1. The van der Waals surface area contributed by atoms with Gasteiger partial charge >= 0.3 is 5.97 Å². The molecule has 1 aliphatic heterocycles. The Morgan fingerprint density at radius 3 is 3.05 bits per heavy atom. The van der Waals surface area contributed by atoms with Gasteiger partial charge in [-0.2, -0.15) is 0 Å². The van der Waals surface area contributed by atoms with Crippen LogP contribution in [0.2, 0.25) is 0 Å². The maximum absolute atomic E-state index is 11.2. The highest BCUT2D eigenvalue weighted by Gasteiger charge is 2.49. The number of nitrogens with zero attached hydrogens (tertiary/aromatic N) is 1. The highest BCUT2D eigenvalue weighted by atomic mass is 16.6. The fourth-order valence-corrected chi connectivity index (χ4v) is 3.56. The third kappa shape index (κ3) is 2.35. The van der Waals surface area contributed by atoms with Crippen molar-refractivity contribution in [3.05, 3.63) is 34.9 Å². The zero-order valence-corrected chi connectivity index (χ0v) is 12.2. The molecular weight excluding hydrogens is 270 g/mol. The van der Waals surface area contributed by atoms with E-state index in [1.807, 2.05) is 0 Å². The third-order valence-corrected chi connectivity index (χ3v) is 4.53. The van der Waals surface area contributed by atoms with E-state index in [1.54, 1.807) is 18.2 Å². The lowest BCUT2D eigenvalue weighted by Crippen LogP contribution is -2.60. The van der Waals surface area contributed by atoms with Gasteiger partial charge in [0.05, 0.1) is 18.2 Å². The summed E-state index contributed by atoms with van der Waals surface area (Å²) in [6.45, 7) is 4.32. The summed E-state index contributed by atoms with van der Waals surface area (Å²) in [6, 6.07) is 4.87. The molecular formula is C16H21NO4. The maximum atomic E-state index is 11.2. The molecule has 0 saturated carbocycles. The van der Waals surface area contributed by atoms with E-state index < -0.39 is 11.8 Å². The number of carbonyl (C=O) groups is 1. The second-order valence-electron chi connectivity index (χ2n) is 5.81. The van der Waals surface area contributed by atoms with Crippen molar-refractivity contribution >= 4 is 5.97 Å². The zero-order valence-electron chi connectivity index (χ0n) is 12.2. The van der Waals surface area contributed by atoms with E-state index >= 15 is 0 Å². The van der Waals surface area contributed by atoms with E-state index in [2.05, 4.69) is 11.8 Å². The summed E-state index contributed by atoms with van der Waals surface area (Å²) in [5.41, 5.74) is 1.80. The summed E-state index contributed by atoms with van der Waals surface area (Å²) < 4.78 is 5.73. The molecule has 1 heterocycles. The van der Waals surface area contributed by atoms with Gasteiger partial charge in [0, 0.05) is 12.1 Å². The first-order chi connectivity index (χ1) is 10.1. The van der Waals surface area contributed by atoms with E-state index in [0.29, 0.717) is 12.2 Å². The normalized spacial score (nSPS) is 28.8. The number of rotatable bonds is 3. The van der Waals surface area contributed by atoms with Crippen LogP contribution in [0.1, 0.15) is 41.3 Å². The number of ether oxygens (including phenoxy) is 1. The van der Waals surface area contributed by atoms with Crippen molar-refractivity contribution in [3.8, 4) is 0 Å². The van der Waals surface area contributed by atoms with Crippen molar-refractivity contribution in [1.29, 1.82) is 0 Å². The molecule has 0 amide bonds. The summed E-state index contributed by atoms with van der Waals surface area (Å²) in [5, 5.41) is 20.3. The molecule has 5 heteroatoms. The van der Waals surface area contributed by atoms with Gasteiger partial charge in [0.15, 0.2) is 0 Å². The first-order valence-corrected chi connectivity index (χ1v) is 7.53. The first-order valence-electron chi connectivity index (χ1n) is 7.53. The van der Waals surface area contributed by atoms with Crippen molar-refractivity contribution < 1.29 is 19.7 Å². The molecule has 0 radical (unpaired) electrons. The fraction of sp³-hybridized carbons (Fsp3) is 0.562. The molecule has 1 aromatic rings. The van der Waals surface area contributed by atoms with E-state index in [4.69, 9.17) is 9.84 Å². The minimum absolute atomic E-state index is 0.0947. The fourth-order valence-electron chi connectivity index (χ4n) is 3.56. The van der Waals surface area contributed by atoms with Crippen molar-refractivity contribution in [1.82, 2.24) is 4.90 Å². The predicted molar refractivity (Wildman–Crippen MR) is 77.2 cm³/mol.